The van der Waals surface area contributed by atoms with Crippen LogP contribution in [0.4, 0.5) is 4.79 Å². The first-order valence-corrected chi connectivity index (χ1v) is 12.6. The number of rotatable bonds is 6. The van der Waals surface area contributed by atoms with Crippen LogP contribution in [-0.2, 0) is 6.42 Å². The Morgan fingerprint density at radius 1 is 1.12 bits per heavy atom. The number of carbonyl (C=O) groups excluding carboxylic acids is 1. The lowest BCUT2D eigenvalue weighted by atomic mass is 10.1. The van der Waals surface area contributed by atoms with Crippen LogP contribution in [0.1, 0.15) is 11.3 Å². The fraction of sp³-hybridized carbons (Fsp3) is 0.214. The SMILES string of the molecule is COc1ccc(OC(N)=O)c(C[C@@H]2COc3c(cc(Cl)c4oc(-c5cc(C)cc6nc(OC)cnc56)cc34)O2)n1. The third kappa shape index (κ3) is 4.64. The van der Waals surface area contributed by atoms with Crippen molar-refractivity contribution < 1.29 is 32.9 Å². The third-order valence-corrected chi connectivity index (χ3v) is 6.65. The van der Waals surface area contributed by atoms with Crippen molar-refractivity contribution in [3.8, 4) is 40.3 Å². The van der Waals surface area contributed by atoms with Gasteiger partial charge in [-0.3, -0.25) is 0 Å². The predicted octanol–water partition coefficient (Wildman–Crippen LogP) is 5.26. The number of pyridine rings is 1. The Bertz CT molecular complexity index is 1790. The van der Waals surface area contributed by atoms with E-state index >= 15 is 0 Å². The van der Waals surface area contributed by atoms with Crippen LogP contribution in [0, 0.1) is 6.92 Å². The first-order chi connectivity index (χ1) is 19.3. The van der Waals surface area contributed by atoms with Crippen LogP contribution in [0.25, 0.3) is 33.3 Å². The van der Waals surface area contributed by atoms with Crippen LogP contribution < -0.4 is 29.4 Å². The van der Waals surface area contributed by atoms with Gasteiger partial charge in [0.05, 0.1) is 47.6 Å². The number of halogens is 1. The minimum absolute atomic E-state index is 0.192. The molecule has 204 valence electrons. The normalized spacial score (nSPS) is 14.3. The zero-order chi connectivity index (χ0) is 28.0. The number of benzene rings is 2. The number of hydrogen-bond acceptors (Lipinski definition) is 10. The lowest BCUT2D eigenvalue weighted by molar-refractivity contribution is 0.0916. The number of hydrogen-bond donors (Lipinski definition) is 1. The maximum absolute atomic E-state index is 11.4. The zero-order valence-corrected chi connectivity index (χ0v) is 22.4. The van der Waals surface area contributed by atoms with E-state index in [9.17, 15) is 4.79 Å². The minimum Gasteiger partial charge on any atom is -0.485 e. The molecule has 0 aliphatic carbocycles. The van der Waals surface area contributed by atoms with Crippen molar-refractivity contribution in [2.75, 3.05) is 20.8 Å². The number of nitrogens with zero attached hydrogens (tertiary/aromatic N) is 3. The van der Waals surface area contributed by atoms with Crippen LogP contribution in [0.2, 0.25) is 5.02 Å². The Morgan fingerprint density at radius 3 is 2.73 bits per heavy atom. The Morgan fingerprint density at radius 2 is 1.95 bits per heavy atom. The lowest BCUT2D eigenvalue weighted by Crippen LogP contribution is -2.32. The topological polar surface area (TPSA) is 141 Å². The van der Waals surface area contributed by atoms with E-state index in [4.69, 9.17) is 45.4 Å². The molecule has 4 heterocycles. The Kier molecular flexibility index (Phi) is 6.43. The molecule has 0 fully saturated rings. The highest BCUT2D eigenvalue weighted by atomic mass is 35.5. The number of fused-ring (bicyclic) bond motifs is 4. The number of furan rings is 1. The van der Waals surface area contributed by atoms with E-state index in [-0.39, 0.29) is 18.8 Å². The Labute approximate surface area is 232 Å². The van der Waals surface area contributed by atoms with Gasteiger partial charge in [-0.15, -0.1) is 0 Å². The van der Waals surface area contributed by atoms with Gasteiger partial charge >= 0.3 is 6.09 Å². The van der Waals surface area contributed by atoms with Gasteiger partial charge in [0.1, 0.15) is 18.5 Å². The van der Waals surface area contributed by atoms with E-state index in [1.807, 2.05) is 25.1 Å². The summed E-state index contributed by atoms with van der Waals surface area (Å²) < 4.78 is 34.2. The quantitative estimate of drug-likeness (QED) is 0.291. The van der Waals surface area contributed by atoms with Gasteiger partial charge in [0.15, 0.2) is 22.8 Å². The number of ether oxygens (including phenoxy) is 5. The number of amides is 1. The number of carbonyl (C=O) groups is 1. The Hall–Kier alpha value is -4.77. The second kappa shape index (κ2) is 10.1. The van der Waals surface area contributed by atoms with Crippen LogP contribution in [0.5, 0.6) is 29.0 Å². The summed E-state index contributed by atoms with van der Waals surface area (Å²) in [5.41, 5.74) is 9.17. The van der Waals surface area contributed by atoms with E-state index in [1.165, 1.54) is 7.11 Å². The molecule has 11 nitrogen and oxygen atoms in total. The predicted molar refractivity (Wildman–Crippen MR) is 146 cm³/mol. The number of nitrogens with two attached hydrogens (primary N) is 1. The molecule has 1 aliphatic heterocycles. The highest BCUT2D eigenvalue weighted by Crippen LogP contribution is 2.46. The molecule has 2 N–H and O–H groups in total. The van der Waals surface area contributed by atoms with Crippen molar-refractivity contribution in [1.29, 1.82) is 0 Å². The van der Waals surface area contributed by atoms with Gasteiger partial charge in [-0.2, -0.15) is 0 Å². The van der Waals surface area contributed by atoms with E-state index in [0.717, 1.165) is 11.1 Å². The number of primary amides is 1. The van der Waals surface area contributed by atoms with Crippen molar-refractivity contribution in [2.24, 2.45) is 5.73 Å². The van der Waals surface area contributed by atoms with Gasteiger partial charge < -0.3 is 33.8 Å². The van der Waals surface area contributed by atoms with Crippen molar-refractivity contribution in [3.05, 3.63) is 58.9 Å². The number of methoxy groups -OCH3 is 2. The molecule has 0 saturated carbocycles. The van der Waals surface area contributed by atoms with Gasteiger partial charge in [0.2, 0.25) is 11.8 Å². The van der Waals surface area contributed by atoms with Crippen molar-refractivity contribution in [3.63, 3.8) is 0 Å². The monoisotopic (exact) mass is 562 g/mol. The van der Waals surface area contributed by atoms with Crippen molar-refractivity contribution in [1.82, 2.24) is 15.0 Å². The molecule has 0 spiro atoms. The van der Waals surface area contributed by atoms with E-state index < -0.39 is 12.2 Å². The highest BCUT2D eigenvalue weighted by Gasteiger charge is 2.28. The maximum atomic E-state index is 11.4. The molecule has 0 bridgehead atoms. The summed E-state index contributed by atoms with van der Waals surface area (Å²) in [6, 6.07) is 10.5. The molecule has 0 radical (unpaired) electrons. The second-order valence-corrected chi connectivity index (χ2v) is 9.51. The standard InChI is InChI=1S/C28H23ClN4O7/c1-13-6-15(25-19(7-13)33-24(36-3)11-31-25)21-9-16-26(39-21)17(29)10-22-27(16)37-12-14(38-22)8-18-20(40-28(30)34)4-5-23(32-18)35-2/h4-7,9-11,14H,8,12H2,1-3H3,(H2,30,34)/t14-/m1/s1. The summed E-state index contributed by atoms with van der Waals surface area (Å²) >= 11 is 6.64. The molecule has 12 heteroatoms. The van der Waals surface area contributed by atoms with Gasteiger partial charge in [-0.1, -0.05) is 11.6 Å². The molecule has 0 saturated heterocycles. The minimum atomic E-state index is -0.948. The average molecular weight is 563 g/mol. The van der Waals surface area contributed by atoms with Crippen molar-refractivity contribution in [2.45, 2.75) is 19.4 Å². The number of aryl methyl sites for hydroxylation is 1. The maximum Gasteiger partial charge on any atom is 0.410 e. The first kappa shape index (κ1) is 25.5. The molecule has 2 aromatic carbocycles. The summed E-state index contributed by atoms with van der Waals surface area (Å²) in [6.45, 7) is 2.16. The fourth-order valence-electron chi connectivity index (χ4n) is 4.66. The smallest absolute Gasteiger partial charge is 0.410 e. The van der Waals surface area contributed by atoms with Crippen molar-refractivity contribution >= 4 is 39.7 Å². The van der Waals surface area contributed by atoms with Crippen LogP contribution >= 0.6 is 11.6 Å². The summed E-state index contributed by atoms with van der Waals surface area (Å²) in [5.74, 6) is 2.48. The van der Waals surface area contributed by atoms with Crippen LogP contribution in [0.15, 0.2) is 47.0 Å². The molecule has 1 atom stereocenters. The molecular weight excluding hydrogens is 540 g/mol. The molecule has 5 aromatic rings. The van der Waals surface area contributed by atoms with Gasteiger partial charge in [0, 0.05) is 24.1 Å². The lowest BCUT2D eigenvalue weighted by Gasteiger charge is -2.27. The largest absolute Gasteiger partial charge is 0.485 e. The summed E-state index contributed by atoms with van der Waals surface area (Å²) in [6.07, 6.45) is 0.402. The molecule has 3 aromatic heterocycles. The molecule has 6 rings (SSSR count). The molecule has 1 amide bonds. The summed E-state index contributed by atoms with van der Waals surface area (Å²) in [7, 11) is 3.04. The molecule has 40 heavy (non-hydrogen) atoms. The zero-order valence-electron chi connectivity index (χ0n) is 21.7. The van der Waals surface area contributed by atoms with E-state index in [0.29, 0.717) is 61.7 Å². The van der Waals surface area contributed by atoms with Gasteiger partial charge in [0.25, 0.3) is 0 Å². The highest BCUT2D eigenvalue weighted by molar-refractivity contribution is 6.35. The van der Waals surface area contributed by atoms with Crippen LogP contribution in [0.3, 0.4) is 0 Å². The van der Waals surface area contributed by atoms with E-state index in [1.54, 1.807) is 31.5 Å². The molecular formula is C28H23ClN4O7. The van der Waals surface area contributed by atoms with Gasteiger partial charge in [-0.25, -0.2) is 19.7 Å². The molecule has 0 unspecified atom stereocenters. The van der Waals surface area contributed by atoms with Crippen LogP contribution in [-0.4, -0.2) is 48.0 Å². The Balaban J connectivity index is 1.35. The third-order valence-electron chi connectivity index (χ3n) is 6.37. The summed E-state index contributed by atoms with van der Waals surface area (Å²) in [5, 5.41) is 1.01. The average Bonchev–Trinajstić information content (AvgIpc) is 3.39. The summed E-state index contributed by atoms with van der Waals surface area (Å²) in [4.78, 5) is 24.8. The second-order valence-electron chi connectivity index (χ2n) is 9.11. The van der Waals surface area contributed by atoms with E-state index in [2.05, 4.69) is 15.0 Å². The first-order valence-electron chi connectivity index (χ1n) is 12.2. The fourth-order valence-corrected chi connectivity index (χ4v) is 4.89. The van der Waals surface area contributed by atoms with Gasteiger partial charge in [-0.05, 0) is 36.8 Å². The number of aromatic nitrogens is 3. The molecule has 1 aliphatic rings.